The molecule has 3 aromatic rings. The van der Waals surface area contributed by atoms with Crippen LogP contribution in [0.5, 0.6) is 11.5 Å². The smallest absolute Gasteiger partial charge is 0.349 e. The summed E-state index contributed by atoms with van der Waals surface area (Å²) in [5.74, 6) is -0.237. The molecular weight excluding hydrogens is 546 g/mol. The fraction of sp³-hybridized carbons (Fsp3) is 0.382. The summed E-state index contributed by atoms with van der Waals surface area (Å²) in [6, 6.07) is 20.7. The molecule has 228 valence electrons. The number of primary amides is 1. The van der Waals surface area contributed by atoms with Crippen LogP contribution in [0.1, 0.15) is 61.7 Å². The molecule has 0 bridgehead atoms. The quantitative estimate of drug-likeness (QED) is 0.298. The van der Waals surface area contributed by atoms with Gasteiger partial charge >= 0.3 is 5.97 Å². The van der Waals surface area contributed by atoms with E-state index in [-0.39, 0.29) is 18.5 Å². The monoisotopic (exact) mass is 587 g/mol. The molecule has 43 heavy (non-hydrogen) atoms. The molecule has 4 rings (SSSR count). The molecule has 2 atom stereocenters. The van der Waals surface area contributed by atoms with Gasteiger partial charge in [0.25, 0.3) is 5.91 Å². The van der Waals surface area contributed by atoms with Gasteiger partial charge in [-0.2, -0.15) is 0 Å². The highest BCUT2D eigenvalue weighted by molar-refractivity contribution is 6.05. The Morgan fingerprint density at radius 1 is 0.977 bits per heavy atom. The number of hydrogen-bond donors (Lipinski definition) is 2. The molecule has 2 amide bonds. The van der Waals surface area contributed by atoms with E-state index in [9.17, 15) is 14.4 Å². The van der Waals surface area contributed by atoms with Crippen molar-refractivity contribution < 1.29 is 28.6 Å². The Bertz CT molecular complexity index is 1450. The molecule has 0 saturated heterocycles. The molecule has 0 saturated carbocycles. The summed E-state index contributed by atoms with van der Waals surface area (Å²) in [7, 11) is 0. The summed E-state index contributed by atoms with van der Waals surface area (Å²) in [6.07, 6.45) is 0.268. The molecule has 1 heterocycles. The fourth-order valence-electron chi connectivity index (χ4n) is 5.06. The molecule has 0 aliphatic carbocycles. The van der Waals surface area contributed by atoms with Crippen LogP contribution < -0.4 is 25.4 Å². The van der Waals surface area contributed by atoms with Crippen molar-refractivity contribution in [2.24, 2.45) is 5.73 Å². The maximum Gasteiger partial charge on any atom is 0.349 e. The Balaban J connectivity index is 1.47. The van der Waals surface area contributed by atoms with Crippen LogP contribution in [0.2, 0.25) is 0 Å². The van der Waals surface area contributed by atoms with E-state index in [0.29, 0.717) is 48.7 Å². The number of carbonyl (C=O) groups excluding carboxylic acids is 3. The van der Waals surface area contributed by atoms with Crippen LogP contribution >= 0.6 is 0 Å². The Labute approximate surface area is 253 Å². The van der Waals surface area contributed by atoms with Crippen molar-refractivity contribution in [3.8, 4) is 11.5 Å². The van der Waals surface area contributed by atoms with Crippen molar-refractivity contribution in [1.82, 2.24) is 5.32 Å². The third-order valence-corrected chi connectivity index (χ3v) is 6.99. The number of nitrogens with two attached hydrogens (primary N) is 1. The van der Waals surface area contributed by atoms with E-state index in [1.807, 2.05) is 76.2 Å². The van der Waals surface area contributed by atoms with Gasteiger partial charge in [0.2, 0.25) is 12.0 Å². The number of hydrogen-bond acceptors (Lipinski definition) is 7. The van der Waals surface area contributed by atoms with Crippen molar-refractivity contribution in [1.29, 1.82) is 0 Å². The fourth-order valence-corrected chi connectivity index (χ4v) is 5.06. The highest BCUT2D eigenvalue weighted by atomic mass is 16.6. The minimum absolute atomic E-state index is 0.0952. The second kappa shape index (κ2) is 13.7. The molecule has 1 aliphatic rings. The normalized spacial score (nSPS) is 14.0. The molecule has 9 heteroatoms. The molecular formula is C34H41N3O6. The minimum Gasteiger partial charge on any atom is -0.485 e. The predicted octanol–water partition coefficient (Wildman–Crippen LogP) is 4.58. The number of amides is 2. The van der Waals surface area contributed by atoms with Crippen molar-refractivity contribution in [3.63, 3.8) is 0 Å². The average molecular weight is 588 g/mol. The van der Waals surface area contributed by atoms with Crippen LogP contribution in [0.25, 0.3) is 0 Å². The van der Waals surface area contributed by atoms with Gasteiger partial charge in [-0.05, 0) is 75.4 Å². The molecule has 0 fully saturated rings. The van der Waals surface area contributed by atoms with Gasteiger partial charge in [-0.3, -0.25) is 9.59 Å². The Morgan fingerprint density at radius 2 is 1.65 bits per heavy atom. The van der Waals surface area contributed by atoms with Gasteiger partial charge in [0.05, 0.1) is 11.3 Å². The van der Waals surface area contributed by atoms with Crippen molar-refractivity contribution >= 4 is 23.5 Å². The van der Waals surface area contributed by atoms with Crippen LogP contribution in [0.3, 0.4) is 0 Å². The van der Waals surface area contributed by atoms with Crippen molar-refractivity contribution in [3.05, 3.63) is 89.0 Å². The van der Waals surface area contributed by atoms with E-state index in [2.05, 4.69) is 5.32 Å². The standard InChI is InChI=1S/C34H41N3O6/c1-22(17-25-18-26-15-16-37(23(2)38)31(26)27(19-25)32(35)39)36-20-30(33(40)43-34(3,4)5)42-29-14-10-9-13-28(29)41-21-24-11-7-6-8-12-24/h6-14,18-19,22,30,36H,15-17,20-21H2,1-5H3,(H2,35,39). The highest BCUT2D eigenvalue weighted by Crippen LogP contribution is 2.34. The largest absolute Gasteiger partial charge is 0.485 e. The maximum absolute atomic E-state index is 13.2. The SMILES string of the molecule is CC(=O)N1CCc2cc(CC(C)NCC(Oc3ccccc3OCc3ccccc3)C(=O)OC(C)(C)C)cc(C(N)=O)c21. The van der Waals surface area contributed by atoms with Crippen LogP contribution in [0.15, 0.2) is 66.7 Å². The number of carbonyl (C=O) groups is 3. The summed E-state index contributed by atoms with van der Waals surface area (Å²) in [4.78, 5) is 39.2. The highest BCUT2D eigenvalue weighted by Gasteiger charge is 2.30. The number of benzene rings is 3. The first-order valence-electron chi connectivity index (χ1n) is 14.5. The summed E-state index contributed by atoms with van der Waals surface area (Å²) >= 11 is 0. The molecule has 2 unspecified atom stereocenters. The van der Waals surface area contributed by atoms with E-state index in [1.165, 1.54) is 6.92 Å². The van der Waals surface area contributed by atoms with Crippen molar-refractivity contribution in [2.75, 3.05) is 18.0 Å². The average Bonchev–Trinajstić information content (AvgIpc) is 3.38. The molecule has 3 aromatic carbocycles. The van der Waals surface area contributed by atoms with Gasteiger partial charge in [0.15, 0.2) is 11.5 Å². The number of rotatable bonds is 12. The second-order valence-corrected chi connectivity index (χ2v) is 11.8. The van der Waals surface area contributed by atoms with E-state index < -0.39 is 23.6 Å². The first-order chi connectivity index (χ1) is 20.4. The van der Waals surface area contributed by atoms with Gasteiger partial charge in [-0.25, -0.2) is 4.79 Å². The summed E-state index contributed by atoms with van der Waals surface area (Å²) in [5, 5.41) is 3.39. The molecule has 3 N–H and O–H groups in total. The number of nitrogens with zero attached hydrogens (tertiary/aromatic N) is 1. The minimum atomic E-state index is -0.950. The molecule has 9 nitrogen and oxygen atoms in total. The number of para-hydroxylation sites is 2. The second-order valence-electron chi connectivity index (χ2n) is 11.8. The summed E-state index contributed by atoms with van der Waals surface area (Å²) < 4.78 is 18.0. The Kier molecular flexibility index (Phi) is 10.1. The number of ether oxygens (including phenoxy) is 3. The molecule has 0 spiro atoms. The first-order valence-corrected chi connectivity index (χ1v) is 14.5. The van der Waals surface area contributed by atoms with Crippen molar-refractivity contribution in [2.45, 2.75) is 71.8 Å². The summed E-state index contributed by atoms with van der Waals surface area (Å²) in [6.45, 7) is 9.96. The number of fused-ring (bicyclic) bond motifs is 1. The van der Waals surface area contributed by atoms with Gasteiger partial charge in [-0.1, -0.05) is 48.5 Å². The third-order valence-electron chi connectivity index (χ3n) is 6.99. The molecule has 0 radical (unpaired) electrons. The lowest BCUT2D eigenvalue weighted by Gasteiger charge is -2.26. The van der Waals surface area contributed by atoms with E-state index in [0.717, 1.165) is 16.7 Å². The Morgan fingerprint density at radius 3 is 2.30 bits per heavy atom. The van der Waals surface area contributed by atoms with Gasteiger partial charge < -0.3 is 30.2 Å². The first kappa shape index (κ1) is 31.6. The van der Waals surface area contributed by atoms with E-state index in [1.54, 1.807) is 23.1 Å². The van der Waals surface area contributed by atoms with Gasteiger partial charge in [0.1, 0.15) is 12.2 Å². The lowest BCUT2D eigenvalue weighted by molar-refractivity contribution is -0.163. The number of esters is 1. The van der Waals surface area contributed by atoms with Crippen LogP contribution in [-0.4, -0.2) is 48.6 Å². The van der Waals surface area contributed by atoms with Crippen LogP contribution in [0.4, 0.5) is 5.69 Å². The topological polar surface area (TPSA) is 120 Å². The van der Waals surface area contributed by atoms with Crippen LogP contribution in [0, 0.1) is 0 Å². The zero-order chi connectivity index (χ0) is 31.1. The van der Waals surface area contributed by atoms with Gasteiger partial charge in [-0.15, -0.1) is 0 Å². The van der Waals surface area contributed by atoms with Crippen LogP contribution in [-0.2, 0) is 33.8 Å². The lowest BCUT2D eigenvalue weighted by atomic mass is 9.98. The number of anilines is 1. The number of nitrogens with one attached hydrogen (secondary N) is 1. The van der Waals surface area contributed by atoms with Gasteiger partial charge in [0, 0.05) is 26.1 Å². The third kappa shape index (κ3) is 8.58. The Hall–Kier alpha value is -4.37. The van der Waals surface area contributed by atoms with E-state index in [4.69, 9.17) is 19.9 Å². The zero-order valence-corrected chi connectivity index (χ0v) is 25.5. The van der Waals surface area contributed by atoms with E-state index >= 15 is 0 Å². The molecule has 1 aliphatic heterocycles. The molecule has 0 aromatic heterocycles. The predicted molar refractivity (Wildman–Crippen MR) is 165 cm³/mol. The lowest BCUT2D eigenvalue weighted by Crippen LogP contribution is -2.44. The zero-order valence-electron chi connectivity index (χ0n) is 25.5. The maximum atomic E-state index is 13.2. The summed E-state index contributed by atoms with van der Waals surface area (Å²) in [5.41, 5.74) is 8.80.